The standard InChI is InChI=1S/C10H22O4.C10H22O.3C9H20O3/c1-2-3-5-12-7-9-14-10-8-13-6-4-11;1-9(2)5-7-11-8-6-10(3)4;1-4-9(2,3)12-8-7-11-6-5-10;1-3-4-9(2)12-8-7-11-6-5-10;1-3-9(4-2)12-8-7-11-6-5-10/h11H,2-10H2,1H3;9-10H,5-8H2,1-4H3;10H,4-8H2,1-3H3;2*9-10H,3-8H2,1-2H3. The van der Waals surface area contributed by atoms with Gasteiger partial charge in [-0.05, 0) is 77.6 Å². The zero-order valence-corrected chi connectivity index (χ0v) is 41.9. The third-order valence-electron chi connectivity index (χ3n) is 8.40. The summed E-state index contributed by atoms with van der Waals surface area (Å²) in [6.07, 6.45) is 10.7. The smallest absolute Gasteiger partial charge is 0.0707 e. The first-order chi connectivity index (χ1) is 29.3. The molecule has 376 valence electrons. The Kier molecular flexibility index (Phi) is 70.1. The molecule has 1 unspecified atom stereocenters. The van der Waals surface area contributed by atoms with Crippen molar-refractivity contribution in [3.05, 3.63) is 0 Å². The van der Waals surface area contributed by atoms with Gasteiger partial charge in [-0.25, -0.2) is 0 Å². The molecular weight excluding hydrogens is 789 g/mol. The van der Waals surface area contributed by atoms with Crippen molar-refractivity contribution in [1.29, 1.82) is 0 Å². The highest BCUT2D eigenvalue weighted by atomic mass is 16.6. The van der Waals surface area contributed by atoms with E-state index in [1.807, 2.05) is 0 Å². The van der Waals surface area contributed by atoms with Gasteiger partial charge in [-0.15, -0.1) is 0 Å². The number of aliphatic hydroxyl groups is 4. The maximum atomic E-state index is 8.41. The Hall–Kier alpha value is -0.560. The molecule has 0 saturated carbocycles. The molecule has 0 bridgehead atoms. The van der Waals surface area contributed by atoms with Crippen LogP contribution in [0, 0.1) is 11.8 Å². The van der Waals surface area contributed by atoms with Crippen LogP contribution >= 0.6 is 0 Å². The SMILES string of the molecule is CC(C)CCOCCC(C)C.CCC(C)(C)OCCOCCO.CCC(CC)OCCOCCO.CCCC(C)OCCOCCO.CCCCOCCOCCOCCO. The van der Waals surface area contributed by atoms with Gasteiger partial charge in [0.25, 0.3) is 0 Å². The monoisotopic (exact) mass is 893 g/mol. The van der Waals surface area contributed by atoms with Gasteiger partial charge in [0.05, 0.1) is 137 Å². The van der Waals surface area contributed by atoms with Crippen LogP contribution < -0.4 is 0 Å². The molecule has 4 N–H and O–H groups in total. The quantitative estimate of drug-likeness (QED) is 0.0445. The second kappa shape index (κ2) is 61.5. The summed E-state index contributed by atoms with van der Waals surface area (Å²) >= 11 is 0. The van der Waals surface area contributed by atoms with E-state index < -0.39 is 0 Å². The molecule has 0 heterocycles. The topological polar surface area (TPSA) is 173 Å². The highest BCUT2D eigenvalue weighted by Crippen LogP contribution is 2.12. The maximum absolute atomic E-state index is 8.41. The van der Waals surface area contributed by atoms with Crippen LogP contribution in [0.3, 0.4) is 0 Å². The van der Waals surface area contributed by atoms with Crippen LogP contribution in [-0.2, 0) is 47.4 Å². The van der Waals surface area contributed by atoms with Crippen LogP contribution in [0.25, 0.3) is 0 Å². The third kappa shape index (κ3) is 77.1. The summed E-state index contributed by atoms with van der Waals surface area (Å²) in [6, 6.07) is 0. The Balaban J connectivity index is -0.000000215. The molecule has 0 spiro atoms. The Labute approximate surface area is 376 Å². The molecular formula is C47H104O14. The molecule has 0 aliphatic carbocycles. The number of unbranched alkanes of at least 4 members (excludes halogenated alkanes) is 1. The maximum Gasteiger partial charge on any atom is 0.0707 e. The van der Waals surface area contributed by atoms with Gasteiger partial charge in [-0.1, -0.05) is 75.2 Å². The van der Waals surface area contributed by atoms with Gasteiger partial charge in [0.1, 0.15) is 0 Å². The number of rotatable bonds is 40. The van der Waals surface area contributed by atoms with E-state index in [-0.39, 0.29) is 32.0 Å². The lowest BCUT2D eigenvalue weighted by Gasteiger charge is -2.23. The fourth-order valence-corrected chi connectivity index (χ4v) is 4.17. The molecule has 0 aromatic rings. The van der Waals surface area contributed by atoms with E-state index in [0.29, 0.717) is 105 Å². The zero-order valence-electron chi connectivity index (χ0n) is 41.9. The minimum Gasteiger partial charge on any atom is -0.394 e. The van der Waals surface area contributed by atoms with Crippen molar-refractivity contribution in [2.24, 2.45) is 11.8 Å². The first-order valence-electron chi connectivity index (χ1n) is 23.7. The molecule has 0 aromatic carbocycles. The van der Waals surface area contributed by atoms with Crippen molar-refractivity contribution in [2.45, 2.75) is 159 Å². The summed E-state index contributed by atoms with van der Waals surface area (Å²) in [4.78, 5) is 0. The Morgan fingerprint density at radius 1 is 0.393 bits per heavy atom. The lowest BCUT2D eigenvalue weighted by atomic mass is 10.1. The van der Waals surface area contributed by atoms with Gasteiger partial charge in [0.2, 0.25) is 0 Å². The average molecular weight is 893 g/mol. The minimum atomic E-state index is -0.0530. The van der Waals surface area contributed by atoms with Crippen molar-refractivity contribution in [3.8, 4) is 0 Å². The van der Waals surface area contributed by atoms with Gasteiger partial charge in [0, 0.05) is 19.8 Å². The highest BCUT2D eigenvalue weighted by molar-refractivity contribution is 4.64. The molecule has 61 heavy (non-hydrogen) atoms. The lowest BCUT2D eigenvalue weighted by Crippen LogP contribution is -2.25. The Bertz CT molecular complexity index is 693. The molecule has 0 aromatic heterocycles. The molecule has 0 fully saturated rings. The van der Waals surface area contributed by atoms with Crippen LogP contribution in [0.1, 0.15) is 141 Å². The summed E-state index contributed by atoms with van der Waals surface area (Å²) in [5.74, 6) is 1.54. The van der Waals surface area contributed by atoms with Gasteiger partial charge >= 0.3 is 0 Å². The molecule has 0 amide bonds. The number of hydrogen-bond acceptors (Lipinski definition) is 14. The molecule has 14 nitrogen and oxygen atoms in total. The van der Waals surface area contributed by atoms with Crippen molar-refractivity contribution >= 4 is 0 Å². The molecule has 0 aliphatic rings. The fourth-order valence-electron chi connectivity index (χ4n) is 4.17. The second-order valence-corrected chi connectivity index (χ2v) is 15.6. The second-order valence-electron chi connectivity index (χ2n) is 15.6. The Morgan fingerprint density at radius 2 is 0.754 bits per heavy atom. The van der Waals surface area contributed by atoms with E-state index in [9.17, 15) is 0 Å². The molecule has 0 saturated heterocycles. The van der Waals surface area contributed by atoms with Crippen molar-refractivity contribution in [1.82, 2.24) is 0 Å². The first-order valence-corrected chi connectivity index (χ1v) is 23.7. The summed E-state index contributed by atoms with van der Waals surface area (Å²) in [6.45, 7) is 36.2. The highest BCUT2D eigenvalue weighted by Gasteiger charge is 2.14. The molecule has 1 atom stereocenters. The summed E-state index contributed by atoms with van der Waals surface area (Å²) in [5, 5.41) is 33.6. The van der Waals surface area contributed by atoms with Crippen LogP contribution in [0.15, 0.2) is 0 Å². The zero-order chi connectivity index (χ0) is 47.1. The van der Waals surface area contributed by atoms with E-state index in [1.54, 1.807) is 0 Å². The van der Waals surface area contributed by atoms with E-state index in [4.69, 9.17) is 67.8 Å². The van der Waals surface area contributed by atoms with Crippen molar-refractivity contribution in [2.75, 3.05) is 139 Å². The normalized spacial score (nSPS) is 11.7. The van der Waals surface area contributed by atoms with Gasteiger partial charge in [-0.3, -0.25) is 0 Å². The van der Waals surface area contributed by atoms with Crippen LogP contribution in [-0.4, -0.2) is 177 Å². The minimum absolute atomic E-state index is 0.0530. The largest absolute Gasteiger partial charge is 0.394 e. The van der Waals surface area contributed by atoms with Crippen molar-refractivity contribution < 1.29 is 67.8 Å². The van der Waals surface area contributed by atoms with Gasteiger partial charge < -0.3 is 67.8 Å². The molecule has 14 heteroatoms. The fraction of sp³-hybridized carbons (Fsp3) is 1.00. The van der Waals surface area contributed by atoms with Crippen LogP contribution in [0.4, 0.5) is 0 Å². The van der Waals surface area contributed by atoms with Gasteiger partial charge in [0.15, 0.2) is 0 Å². The first kappa shape index (κ1) is 69.5. The summed E-state index contributed by atoms with van der Waals surface area (Å²) in [7, 11) is 0. The Morgan fingerprint density at radius 3 is 1.11 bits per heavy atom. The van der Waals surface area contributed by atoms with Crippen molar-refractivity contribution in [3.63, 3.8) is 0 Å². The van der Waals surface area contributed by atoms with Crippen LogP contribution in [0.5, 0.6) is 0 Å². The molecule has 0 rings (SSSR count). The number of ether oxygens (including phenoxy) is 10. The third-order valence-corrected chi connectivity index (χ3v) is 8.40. The molecule has 0 aliphatic heterocycles. The van der Waals surface area contributed by atoms with Crippen LogP contribution in [0.2, 0.25) is 0 Å². The predicted octanol–water partition coefficient (Wildman–Crippen LogP) is 7.53. The molecule has 0 radical (unpaired) electrons. The average Bonchev–Trinajstić information content (AvgIpc) is 3.23. The van der Waals surface area contributed by atoms with E-state index in [1.165, 1.54) is 12.8 Å². The van der Waals surface area contributed by atoms with E-state index in [0.717, 1.165) is 76.6 Å². The lowest BCUT2D eigenvalue weighted by molar-refractivity contribution is -0.0504. The number of aliphatic hydroxyl groups excluding tert-OH is 4. The van der Waals surface area contributed by atoms with Gasteiger partial charge in [-0.2, -0.15) is 0 Å². The van der Waals surface area contributed by atoms with E-state index in [2.05, 4.69) is 83.1 Å². The summed E-state index contributed by atoms with van der Waals surface area (Å²) < 4.78 is 52.5. The number of hydrogen-bond donors (Lipinski definition) is 4. The van der Waals surface area contributed by atoms with E-state index >= 15 is 0 Å². The summed E-state index contributed by atoms with van der Waals surface area (Å²) in [5.41, 5.74) is -0.0530. The predicted molar refractivity (Wildman–Crippen MR) is 249 cm³/mol.